The number of anilines is 2. The van der Waals surface area contributed by atoms with Crippen LogP contribution in [0.25, 0.3) is 10.2 Å². The van der Waals surface area contributed by atoms with Gasteiger partial charge in [0.15, 0.2) is 5.13 Å². The molecule has 25 heavy (non-hydrogen) atoms. The lowest BCUT2D eigenvalue weighted by Crippen LogP contribution is -1.91. The van der Waals surface area contributed by atoms with Gasteiger partial charge in [-0.3, -0.25) is 0 Å². The summed E-state index contributed by atoms with van der Waals surface area (Å²) in [5.41, 5.74) is 2.03. The molecule has 126 valence electrons. The molecule has 0 fully saturated rings. The van der Waals surface area contributed by atoms with E-state index in [1.165, 1.54) is 0 Å². The molecule has 0 saturated heterocycles. The SMILES string of the molecule is COc1ccc(Nc2nc(CSc3ncnc4sccc34)cs2)cc1. The maximum absolute atomic E-state index is 5.17. The zero-order valence-electron chi connectivity index (χ0n) is 13.3. The highest BCUT2D eigenvalue weighted by Gasteiger charge is 2.08. The topological polar surface area (TPSA) is 59.9 Å². The number of aromatic nitrogens is 3. The van der Waals surface area contributed by atoms with Gasteiger partial charge in [-0.15, -0.1) is 22.7 Å². The number of benzene rings is 1. The predicted molar refractivity (Wildman–Crippen MR) is 105 cm³/mol. The van der Waals surface area contributed by atoms with E-state index in [1.807, 2.05) is 29.6 Å². The van der Waals surface area contributed by atoms with Crippen LogP contribution >= 0.6 is 34.4 Å². The monoisotopic (exact) mass is 386 g/mol. The Hall–Kier alpha value is -2.16. The number of hydrogen-bond donors (Lipinski definition) is 1. The lowest BCUT2D eigenvalue weighted by Gasteiger charge is -2.04. The van der Waals surface area contributed by atoms with E-state index in [0.29, 0.717) is 0 Å². The highest BCUT2D eigenvalue weighted by atomic mass is 32.2. The highest BCUT2D eigenvalue weighted by molar-refractivity contribution is 7.98. The number of thiazole rings is 1. The van der Waals surface area contributed by atoms with Crippen molar-refractivity contribution in [1.29, 1.82) is 0 Å². The molecule has 0 saturated carbocycles. The van der Waals surface area contributed by atoms with Crippen LogP contribution < -0.4 is 10.1 Å². The largest absolute Gasteiger partial charge is 0.497 e. The molecule has 5 nitrogen and oxygen atoms in total. The molecule has 3 aromatic heterocycles. The van der Waals surface area contributed by atoms with Crippen molar-refractivity contribution >= 4 is 55.5 Å². The van der Waals surface area contributed by atoms with Gasteiger partial charge in [0.05, 0.1) is 12.8 Å². The summed E-state index contributed by atoms with van der Waals surface area (Å²) in [6.07, 6.45) is 1.62. The number of nitrogens with zero attached hydrogens (tertiary/aromatic N) is 3. The van der Waals surface area contributed by atoms with Crippen molar-refractivity contribution < 1.29 is 4.74 Å². The quantitative estimate of drug-likeness (QED) is 0.363. The Morgan fingerprint density at radius 3 is 2.84 bits per heavy atom. The van der Waals surface area contributed by atoms with E-state index in [2.05, 4.69) is 31.7 Å². The predicted octanol–water partition coefficient (Wildman–Crippen LogP) is 5.19. The van der Waals surface area contributed by atoms with E-state index < -0.39 is 0 Å². The van der Waals surface area contributed by atoms with Crippen molar-refractivity contribution in [1.82, 2.24) is 15.0 Å². The lowest BCUT2D eigenvalue weighted by molar-refractivity contribution is 0.415. The van der Waals surface area contributed by atoms with Gasteiger partial charge < -0.3 is 10.1 Å². The standard InChI is InChI=1S/C17H14N4OS3/c1-22-13-4-2-11(3-5-13)20-17-21-12(9-25-17)8-24-16-14-6-7-23-15(14)18-10-19-16/h2-7,9-10H,8H2,1H3,(H,20,21). The first-order valence-corrected chi connectivity index (χ1v) is 10.2. The normalized spacial score (nSPS) is 10.9. The fourth-order valence-electron chi connectivity index (χ4n) is 2.25. The molecule has 0 unspecified atom stereocenters. The van der Waals surface area contributed by atoms with E-state index in [0.717, 1.165) is 43.3 Å². The number of ether oxygens (including phenoxy) is 1. The third-order valence-electron chi connectivity index (χ3n) is 3.47. The fourth-order valence-corrected chi connectivity index (χ4v) is 4.76. The molecule has 4 rings (SSSR count). The van der Waals surface area contributed by atoms with Gasteiger partial charge in [0.25, 0.3) is 0 Å². The molecular weight excluding hydrogens is 372 g/mol. The molecule has 1 N–H and O–H groups in total. The van der Waals surface area contributed by atoms with Crippen LogP contribution in [0.3, 0.4) is 0 Å². The number of hydrogen-bond acceptors (Lipinski definition) is 8. The summed E-state index contributed by atoms with van der Waals surface area (Å²) in [4.78, 5) is 14.3. The Balaban J connectivity index is 1.41. The first-order valence-electron chi connectivity index (χ1n) is 7.48. The minimum Gasteiger partial charge on any atom is -0.497 e. The van der Waals surface area contributed by atoms with Crippen LogP contribution in [0, 0.1) is 0 Å². The molecule has 3 heterocycles. The lowest BCUT2D eigenvalue weighted by atomic mass is 10.3. The number of thiophene rings is 1. The number of thioether (sulfide) groups is 1. The van der Waals surface area contributed by atoms with Gasteiger partial charge in [0, 0.05) is 22.2 Å². The maximum Gasteiger partial charge on any atom is 0.187 e. The highest BCUT2D eigenvalue weighted by Crippen LogP contribution is 2.31. The van der Waals surface area contributed by atoms with E-state index >= 15 is 0 Å². The molecule has 8 heteroatoms. The Morgan fingerprint density at radius 1 is 1.12 bits per heavy atom. The number of methoxy groups -OCH3 is 1. The Morgan fingerprint density at radius 2 is 2.00 bits per heavy atom. The molecule has 0 amide bonds. The zero-order chi connectivity index (χ0) is 17.1. The summed E-state index contributed by atoms with van der Waals surface area (Å²) in [6.45, 7) is 0. The van der Waals surface area contributed by atoms with Crippen LogP contribution in [0.2, 0.25) is 0 Å². The van der Waals surface area contributed by atoms with Crippen molar-refractivity contribution in [2.75, 3.05) is 12.4 Å². The zero-order valence-corrected chi connectivity index (χ0v) is 15.8. The van der Waals surface area contributed by atoms with Crippen LogP contribution in [0.4, 0.5) is 10.8 Å². The fraction of sp³-hybridized carbons (Fsp3) is 0.118. The Bertz CT molecular complexity index is 981. The summed E-state index contributed by atoms with van der Waals surface area (Å²) in [7, 11) is 1.66. The summed E-state index contributed by atoms with van der Waals surface area (Å²) >= 11 is 4.92. The second-order valence-electron chi connectivity index (χ2n) is 5.10. The molecule has 0 aliphatic carbocycles. The Kier molecular flexibility index (Phi) is 4.82. The molecule has 0 atom stereocenters. The van der Waals surface area contributed by atoms with Gasteiger partial charge in [0.2, 0.25) is 0 Å². The second-order valence-corrected chi connectivity index (χ2v) is 7.82. The van der Waals surface area contributed by atoms with Gasteiger partial charge in [-0.25, -0.2) is 15.0 Å². The van der Waals surface area contributed by atoms with E-state index in [9.17, 15) is 0 Å². The summed E-state index contributed by atoms with van der Waals surface area (Å²) < 4.78 is 5.17. The minimum absolute atomic E-state index is 0.781. The van der Waals surface area contributed by atoms with Crippen LogP contribution in [-0.2, 0) is 5.75 Å². The van der Waals surface area contributed by atoms with Crippen molar-refractivity contribution in [3.05, 3.63) is 53.1 Å². The summed E-state index contributed by atoms with van der Waals surface area (Å²) in [5, 5.41) is 10.4. The average molecular weight is 387 g/mol. The van der Waals surface area contributed by atoms with Gasteiger partial charge in [-0.05, 0) is 35.7 Å². The van der Waals surface area contributed by atoms with Crippen LogP contribution in [-0.4, -0.2) is 22.1 Å². The second kappa shape index (κ2) is 7.38. The third-order valence-corrected chi connectivity index (χ3v) is 6.14. The first-order chi connectivity index (χ1) is 12.3. The average Bonchev–Trinajstić information content (AvgIpc) is 3.30. The maximum atomic E-state index is 5.17. The van der Waals surface area contributed by atoms with E-state index in [4.69, 9.17) is 4.74 Å². The van der Waals surface area contributed by atoms with E-state index in [1.54, 1.807) is 47.9 Å². The molecule has 0 bridgehead atoms. The van der Waals surface area contributed by atoms with Crippen molar-refractivity contribution in [3.63, 3.8) is 0 Å². The molecule has 1 aromatic carbocycles. The van der Waals surface area contributed by atoms with Crippen molar-refractivity contribution in [2.45, 2.75) is 10.8 Å². The summed E-state index contributed by atoms with van der Waals surface area (Å²) in [6, 6.07) is 9.87. The molecule has 0 spiro atoms. The number of fused-ring (bicyclic) bond motifs is 1. The van der Waals surface area contributed by atoms with E-state index in [-0.39, 0.29) is 0 Å². The van der Waals surface area contributed by atoms with Crippen LogP contribution in [0.1, 0.15) is 5.69 Å². The van der Waals surface area contributed by atoms with Gasteiger partial charge >= 0.3 is 0 Å². The number of nitrogens with one attached hydrogen (secondary N) is 1. The summed E-state index contributed by atoms with van der Waals surface area (Å²) in [5.74, 6) is 1.62. The molecule has 0 radical (unpaired) electrons. The Labute approximate surface area is 157 Å². The third kappa shape index (κ3) is 3.76. The first kappa shape index (κ1) is 16.3. The minimum atomic E-state index is 0.781. The number of rotatable bonds is 6. The molecule has 0 aliphatic rings. The smallest absolute Gasteiger partial charge is 0.187 e. The van der Waals surface area contributed by atoms with Crippen molar-refractivity contribution in [3.8, 4) is 5.75 Å². The van der Waals surface area contributed by atoms with Gasteiger partial charge in [-0.2, -0.15) is 0 Å². The van der Waals surface area contributed by atoms with Gasteiger partial charge in [-0.1, -0.05) is 11.8 Å². The van der Waals surface area contributed by atoms with Crippen molar-refractivity contribution in [2.24, 2.45) is 0 Å². The van der Waals surface area contributed by atoms with Crippen LogP contribution in [0.15, 0.2) is 52.4 Å². The molecule has 4 aromatic rings. The van der Waals surface area contributed by atoms with Gasteiger partial charge in [0.1, 0.15) is 21.9 Å². The molecular formula is C17H14N4OS3. The van der Waals surface area contributed by atoms with Crippen LogP contribution in [0.5, 0.6) is 5.75 Å². The molecule has 0 aliphatic heterocycles.